The van der Waals surface area contributed by atoms with Crippen LogP contribution in [0.2, 0.25) is 0 Å². The van der Waals surface area contributed by atoms with Crippen LogP contribution in [0.3, 0.4) is 0 Å². The van der Waals surface area contributed by atoms with Gasteiger partial charge in [-0.25, -0.2) is 4.98 Å². The molecule has 11 heteroatoms. The molecule has 11 nitrogen and oxygen atoms in total. The number of anilines is 2. The van der Waals surface area contributed by atoms with E-state index in [0.29, 0.717) is 58.8 Å². The molecule has 1 amide bonds. The molecule has 1 saturated carbocycles. The third-order valence-corrected chi connectivity index (χ3v) is 7.16. The van der Waals surface area contributed by atoms with Gasteiger partial charge in [-0.2, -0.15) is 9.97 Å². The number of rotatable bonds is 7. The lowest BCUT2D eigenvalue weighted by Crippen LogP contribution is -2.27. The number of carbonyl (C=O) groups is 1. The minimum atomic E-state index is -0.298. The summed E-state index contributed by atoms with van der Waals surface area (Å²) in [7, 11) is 3.11. The number of carbonyl (C=O) groups excluding carboxylic acids is 1. The van der Waals surface area contributed by atoms with Gasteiger partial charge in [-0.1, -0.05) is 6.07 Å². The van der Waals surface area contributed by atoms with E-state index in [0.717, 1.165) is 34.9 Å². The van der Waals surface area contributed by atoms with Crippen LogP contribution in [0.1, 0.15) is 41.9 Å². The molecule has 5 aromatic rings. The van der Waals surface area contributed by atoms with Crippen LogP contribution in [-0.2, 0) is 0 Å². The molecule has 2 aromatic carbocycles. The van der Waals surface area contributed by atoms with Crippen LogP contribution in [0.5, 0.6) is 11.6 Å². The van der Waals surface area contributed by atoms with Crippen molar-refractivity contribution in [1.82, 2.24) is 25.3 Å². The van der Waals surface area contributed by atoms with Gasteiger partial charge in [-0.05, 0) is 61.6 Å². The summed E-state index contributed by atoms with van der Waals surface area (Å²) in [5.74, 6) is 1.59. The molecule has 40 heavy (non-hydrogen) atoms. The van der Waals surface area contributed by atoms with Gasteiger partial charge in [0, 0.05) is 31.3 Å². The molecule has 3 heterocycles. The highest BCUT2D eigenvalue weighted by molar-refractivity contribution is 5.99. The average Bonchev–Trinajstić information content (AvgIpc) is 3.56. The highest BCUT2D eigenvalue weighted by Gasteiger charge is 2.25. The molecule has 0 unspecified atom stereocenters. The number of amides is 1. The third-order valence-electron chi connectivity index (χ3n) is 7.16. The van der Waals surface area contributed by atoms with E-state index in [9.17, 15) is 9.90 Å². The molecule has 0 saturated heterocycles. The van der Waals surface area contributed by atoms with E-state index in [1.807, 2.05) is 31.3 Å². The number of aromatic amines is 1. The van der Waals surface area contributed by atoms with Gasteiger partial charge < -0.3 is 34.6 Å². The van der Waals surface area contributed by atoms with Gasteiger partial charge in [0.05, 0.1) is 24.3 Å². The molecular formula is C29H30N6O5. The first-order chi connectivity index (χ1) is 19.4. The van der Waals surface area contributed by atoms with Gasteiger partial charge >= 0.3 is 0 Å². The number of ether oxygens (including phenoxy) is 2. The Morgan fingerprint density at radius 1 is 1.10 bits per heavy atom. The maximum atomic E-state index is 12.1. The SMILES string of the molecule is CNC(=O)c1ccc(Nc2nc(OC3CCC(O)CC3)c3c(-c4ccc5nc(C)oc5c4)c[nH]c3n2)c(OC)c1. The van der Waals surface area contributed by atoms with Gasteiger partial charge in [0.25, 0.3) is 5.91 Å². The summed E-state index contributed by atoms with van der Waals surface area (Å²) in [6.45, 7) is 1.82. The van der Waals surface area contributed by atoms with Crippen LogP contribution in [0, 0.1) is 6.92 Å². The molecule has 0 aliphatic heterocycles. The Bertz CT molecular complexity index is 1700. The van der Waals surface area contributed by atoms with Gasteiger partial charge in [0.1, 0.15) is 23.0 Å². The Hall–Kier alpha value is -4.64. The van der Waals surface area contributed by atoms with Crippen LogP contribution in [0.4, 0.5) is 11.6 Å². The molecule has 206 valence electrons. The van der Waals surface area contributed by atoms with Crippen molar-refractivity contribution in [3.05, 3.63) is 54.0 Å². The quantitative estimate of drug-likeness (QED) is 0.226. The number of nitrogens with one attached hydrogen (secondary N) is 3. The first kappa shape index (κ1) is 25.6. The van der Waals surface area contributed by atoms with Crippen molar-refractivity contribution < 1.29 is 23.8 Å². The molecule has 0 atom stereocenters. The maximum absolute atomic E-state index is 12.1. The minimum absolute atomic E-state index is 0.0853. The number of benzene rings is 2. The summed E-state index contributed by atoms with van der Waals surface area (Å²) in [5.41, 5.74) is 4.92. The lowest BCUT2D eigenvalue weighted by molar-refractivity contribution is 0.0652. The van der Waals surface area contributed by atoms with Gasteiger partial charge in [-0.3, -0.25) is 4.79 Å². The maximum Gasteiger partial charge on any atom is 0.251 e. The lowest BCUT2D eigenvalue weighted by Gasteiger charge is -2.26. The zero-order valence-electron chi connectivity index (χ0n) is 22.4. The second kappa shape index (κ2) is 10.5. The van der Waals surface area contributed by atoms with Crippen LogP contribution < -0.4 is 20.1 Å². The van der Waals surface area contributed by atoms with Gasteiger partial charge in [-0.15, -0.1) is 0 Å². The fraction of sp³-hybridized carbons (Fsp3) is 0.310. The number of aromatic nitrogens is 4. The number of hydrogen-bond donors (Lipinski definition) is 4. The molecule has 1 fully saturated rings. The van der Waals surface area contributed by atoms with Crippen molar-refractivity contribution in [2.24, 2.45) is 0 Å². The van der Waals surface area contributed by atoms with E-state index < -0.39 is 0 Å². The molecule has 3 aromatic heterocycles. The molecule has 1 aliphatic rings. The zero-order chi connectivity index (χ0) is 27.8. The van der Waals surface area contributed by atoms with Crippen molar-refractivity contribution >= 4 is 39.7 Å². The number of aliphatic hydroxyl groups is 1. The van der Waals surface area contributed by atoms with Crippen LogP contribution >= 0.6 is 0 Å². The number of fused-ring (bicyclic) bond motifs is 2. The summed E-state index contributed by atoms with van der Waals surface area (Å²) >= 11 is 0. The lowest BCUT2D eigenvalue weighted by atomic mass is 9.95. The third kappa shape index (κ3) is 4.91. The molecule has 4 N–H and O–H groups in total. The molecule has 0 bridgehead atoms. The standard InChI is InChI=1S/C29H30N6O5/c1-15-32-22-10-4-16(12-24(22)39-15)20-14-31-26-25(20)28(40-19-8-6-18(36)7-9-19)35-29(34-26)33-21-11-5-17(27(37)30-2)13-23(21)38-3/h4-5,10-14,18-19,36H,6-9H2,1-3H3,(H,30,37)(H2,31,33,34,35). The molecule has 0 spiro atoms. The summed E-state index contributed by atoms with van der Waals surface area (Å²) in [4.78, 5) is 29.3. The van der Waals surface area contributed by atoms with Crippen molar-refractivity contribution in [2.45, 2.75) is 44.8 Å². The smallest absolute Gasteiger partial charge is 0.251 e. The van der Waals surface area contributed by atoms with E-state index in [1.54, 1.807) is 25.2 Å². The summed E-state index contributed by atoms with van der Waals surface area (Å²) in [5, 5.41) is 16.6. The monoisotopic (exact) mass is 542 g/mol. The number of nitrogens with zero attached hydrogens (tertiary/aromatic N) is 3. The van der Waals surface area contributed by atoms with Crippen molar-refractivity contribution in [2.75, 3.05) is 19.5 Å². The van der Waals surface area contributed by atoms with E-state index in [4.69, 9.17) is 23.9 Å². The predicted molar refractivity (Wildman–Crippen MR) is 150 cm³/mol. The summed E-state index contributed by atoms with van der Waals surface area (Å²) in [6, 6.07) is 10.9. The van der Waals surface area contributed by atoms with Gasteiger partial charge in [0.2, 0.25) is 11.8 Å². The fourth-order valence-corrected chi connectivity index (χ4v) is 5.10. The number of aliphatic hydroxyl groups excluding tert-OH is 1. The highest BCUT2D eigenvalue weighted by Crippen LogP contribution is 2.38. The fourth-order valence-electron chi connectivity index (χ4n) is 5.10. The van der Waals surface area contributed by atoms with Crippen molar-refractivity contribution in [1.29, 1.82) is 0 Å². The number of hydrogen-bond acceptors (Lipinski definition) is 9. The Morgan fingerprint density at radius 3 is 2.70 bits per heavy atom. The number of methoxy groups -OCH3 is 1. The number of H-pyrrole nitrogens is 1. The Balaban J connectivity index is 1.41. The van der Waals surface area contributed by atoms with Crippen LogP contribution in [0.25, 0.3) is 33.3 Å². The topological polar surface area (TPSA) is 147 Å². The van der Waals surface area contributed by atoms with E-state index in [1.165, 1.54) is 7.11 Å². The molecule has 6 rings (SSSR count). The molecule has 1 aliphatic carbocycles. The van der Waals surface area contributed by atoms with Crippen LogP contribution in [0.15, 0.2) is 47.0 Å². The zero-order valence-corrected chi connectivity index (χ0v) is 22.4. The average molecular weight is 543 g/mol. The molecular weight excluding hydrogens is 512 g/mol. The highest BCUT2D eigenvalue weighted by atomic mass is 16.5. The van der Waals surface area contributed by atoms with Gasteiger partial charge in [0.15, 0.2) is 11.5 Å². The van der Waals surface area contributed by atoms with E-state index in [-0.39, 0.29) is 18.1 Å². The van der Waals surface area contributed by atoms with E-state index >= 15 is 0 Å². The predicted octanol–water partition coefficient (Wildman–Crippen LogP) is 4.87. The first-order valence-electron chi connectivity index (χ1n) is 13.2. The second-order valence-electron chi connectivity index (χ2n) is 9.86. The summed E-state index contributed by atoms with van der Waals surface area (Å²) < 4.78 is 17.8. The number of oxazole rings is 1. The first-order valence-corrected chi connectivity index (χ1v) is 13.2. The second-order valence-corrected chi connectivity index (χ2v) is 9.86. The summed E-state index contributed by atoms with van der Waals surface area (Å²) in [6.07, 6.45) is 4.32. The van der Waals surface area contributed by atoms with Crippen molar-refractivity contribution in [3.63, 3.8) is 0 Å². The molecule has 0 radical (unpaired) electrons. The normalized spacial score (nSPS) is 17.2. The Kier molecular flexibility index (Phi) is 6.72. The number of aryl methyl sites for hydroxylation is 1. The largest absolute Gasteiger partial charge is 0.495 e. The van der Waals surface area contributed by atoms with E-state index in [2.05, 4.69) is 20.6 Å². The van der Waals surface area contributed by atoms with Crippen molar-refractivity contribution in [3.8, 4) is 22.8 Å². The van der Waals surface area contributed by atoms with Crippen LogP contribution in [-0.4, -0.2) is 57.3 Å². The minimum Gasteiger partial charge on any atom is -0.495 e. The Labute approximate surface area is 229 Å². The Morgan fingerprint density at radius 2 is 1.93 bits per heavy atom.